The Balaban J connectivity index is 1.46. The van der Waals surface area contributed by atoms with Crippen LogP contribution in [0.5, 0.6) is 5.75 Å². The van der Waals surface area contributed by atoms with Crippen LogP contribution >= 0.6 is 0 Å². The van der Waals surface area contributed by atoms with Crippen LogP contribution in [-0.2, 0) is 22.4 Å². The number of fused-ring (bicyclic) bond motifs is 1. The van der Waals surface area contributed by atoms with Crippen molar-refractivity contribution in [3.8, 4) is 11.8 Å². The van der Waals surface area contributed by atoms with Gasteiger partial charge in [-0.15, -0.1) is 0 Å². The molecule has 2 saturated heterocycles. The number of benzene rings is 1. The number of carbonyl (C=O) groups is 1. The van der Waals surface area contributed by atoms with Gasteiger partial charge in [0.05, 0.1) is 23.6 Å². The van der Waals surface area contributed by atoms with E-state index < -0.39 is 5.60 Å². The molecule has 232 valence electrons. The Kier molecular flexibility index (Phi) is 9.47. The quantitative estimate of drug-likeness (QED) is 0.474. The number of nitriles is 1. The minimum atomic E-state index is -0.542. The molecule has 3 aliphatic heterocycles. The Morgan fingerprint density at radius 2 is 1.79 bits per heavy atom. The van der Waals surface area contributed by atoms with Gasteiger partial charge in [0.25, 0.3) is 0 Å². The smallest absolute Gasteiger partial charge is 0.410 e. The lowest BCUT2D eigenvalue weighted by atomic mass is 9.97. The molecule has 1 N–H and O–H groups in total. The summed E-state index contributed by atoms with van der Waals surface area (Å²) < 4.78 is 16.7. The molecule has 11 heteroatoms. The zero-order chi connectivity index (χ0) is 30.6. The Labute approximate surface area is 255 Å². The fourth-order valence-corrected chi connectivity index (χ4v) is 6.07. The largest absolute Gasteiger partial charge is 0.465 e. The molecule has 4 heterocycles. The summed E-state index contributed by atoms with van der Waals surface area (Å²) >= 11 is 0. The van der Waals surface area contributed by atoms with Crippen LogP contribution in [0.25, 0.3) is 0 Å². The second-order valence-electron chi connectivity index (χ2n) is 12.6. The third-order valence-corrected chi connectivity index (χ3v) is 8.28. The van der Waals surface area contributed by atoms with Crippen LogP contribution < -0.4 is 19.9 Å². The molecule has 5 rings (SSSR count). The van der Waals surface area contributed by atoms with Gasteiger partial charge in [-0.1, -0.05) is 12.1 Å². The van der Waals surface area contributed by atoms with Crippen molar-refractivity contribution in [3.05, 3.63) is 41.1 Å². The van der Waals surface area contributed by atoms with Crippen molar-refractivity contribution < 1.29 is 19.0 Å². The molecule has 0 radical (unpaired) electrons. The number of hydrogen-bond donors (Lipinski definition) is 1. The van der Waals surface area contributed by atoms with Crippen molar-refractivity contribution in [2.24, 2.45) is 0 Å². The average molecular weight is 592 g/mol. The Bertz CT molecular complexity index is 1320. The summed E-state index contributed by atoms with van der Waals surface area (Å²) in [6.45, 7) is 11.5. The van der Waals surface area contributed by atoms with Gasteiger partial charge in [0.2, 0.25) is 0 Å². The summed E-state index contributed by atoms with van der Waals surface area (Å²) in [5, 5.41) is 14.2. The number of hydrogen-bond acceptors (Lipinski definition) is 10. The highest BCUT2D eigenvalue weighted by Crippen LogP contribution is 2.39. The number of para-hydroxylation sites is 2. The number of nitrogens with one attached hydrogen (secondary N) is 1. The van der Waals surface area contributed by atoms with Gasteiger partial charge in [-0.05, 0) is 72.3 Å². The number of anilines is 3. The number of piperazine rings is 1. The number of likely N-dealkylation sites (tertiary alicyclic amines) is 1. The molecule has 1 aromatic carbocycles. The predicted octanol–water partition coefficient (Wildman–Crippen LogP) is 4.06. The Morgan fingerprint density at radius 1 is 1.07 bits per heavy atom. The zero-order valence-corrected chi connectivity index (χ0v) is 26.2. The normalized spacial score (nSPS) is 18.2. The molecule has 0 bridgehead atoms. The van der Waals surface area contributed by atoms with Crippen LogP contribution in [0.15, 0.2) is 24.3 Å². The van der Waals surface area contributed by atoms with Gasteiger partial charge in [-0.3, -0.25) is 0 Å². The topological polar surface area (TPSA) is 106 Å². The molecule has 43 heavy (non-hydrogen) atoms. The fraction of sp³-hybridized carbons (Fsp3) is 0.594. The zero-order valence-electron chi connectivity index (χ0n) is 26.2. The summed E-state index contributed by atoms with van der Waals surface area (Å²) in [5.41, 5.74) is 4.08. The molecule has 0 spiro atoms. The summed E-state index contributed by atoms with van der Waals surface area (Å²) in [5.74, 6) is 1.43. The summed E-state index contributed by atoms with van der Waals surface area (Å²) in [4.78, 5) is 26.6. The van der Waals surface area contributed by atoms with E-state index >= 15 is 0 Å². The predicted molar refractivity (Wildman–Crippen MR) is 167 cm³/mol. The number of amides is 1. The lowest BCUT2D eigenvalue weighted by molar-refractivity contribution is 0.0240. The molecule has 3 aliphatic rings. The van der Waals surface area contributed by atoms with Crippen molar-refractivity contribution >= 4 is 23.3 Å². The standard InChI is InChI=1S/C32H45N7O4/c1-32(2,3)43-31(40)38-18-16-37(17-19-38)29-24-12-15-39(27-8-6-7-9-28(27)42-22-41-5)21-26(24)35-30(25(29)20-33)34-23-10-13-36(4)14-11-23/h6-9,23H,10-19,21-22H2,1-5H3,(H,34,35). The SMILES string of the molecule is COCOc1ccccc1N1CCc2c(nc(NC3CCN(C)CC3)c(C#N)c2N2CCN(C(=O)OC(C)(C)C)CC2)C1. The molecule has 1 aromatic heterocycles. The maximum Gasteiger partial charge on any atom is 0.410 e. The van der Waals surface area contributed by atoms with Gasteiger partial charge < -0.3 is 39.1 Å². The summed E-state index contributed by atoms with van der Waals surface area (Å²) in [6, 6.07) is 10.8. The molecule has 2 aromatic rings. The molecule has 0 aliphatic carbocycles. The number of aromatic nitrogens is 1. The van der Waals surface area contributed by atoms with Crippen LogP contribution in [0.2, 0.25) is 0 Å². The van der Waals surface area contributed by atoms with E-state index in [0.717, 1.165) is 67.3 Å². The molecule has 2 fully saturated rings. The lowest BCUT2D eigenvalue weighted by Gasteiger charge is -2.40. The summed E-state index contributed by atoms with van der Waals surface area (Å²) in [7, 11) is 3.76. The van der Waals surface area contributed by atoms with Crippen molar-refractivity contribution in [1.82, 2.24) is 14.8 Å². The van der Waals surface area contributed by atoms with E-state index in [2.05, 4.69) is 39.2 Å². The highest BCUT2D eigenvalue weighted by atomic mass is 16.7. The first-order valence-corrected chi connectivity index (χ1v) is 15.3. The van der Waals surface area contributed by atoms with Gasteiger partial charge in [0.15, 0.2) is 6.79 Å². The number of rotatable bonds is 7. The molecular weight excluding hydrogens is 546 g/mol. The summed E-state index contributed by atoms with van der Waals surface area (Å²) in [6.07, 6.45) is 2.45. The third kappa shape index (κ3) is 7.25. The molecule has 11 nitrogen and oxygen atoms in total. The molecule has 1 amide bonds. The van der Waals surface area contributed by atoms with E-state index in [1.165, 1.54) is 0 Å². The van der Waals surface area contributed by atoms with Gasteiger partial charge in [0.1, 0.15) is 28.8 Å². The minimum Gasteiger partial charge on any atom is -0.465 e. The Hall–Kier alpha value is -3.75. The number of piperidine rings is 1. The third-order valence-electron chi connectivity index (χ3n) is 8.28. The van der Waals surface area contributed by atoms with Crippen molar-refractivity contribution in [3.63, 3.8) is 0 Å². The Morgan fingerprint density at radius 3 is 2.47 bits per heavy atom. The van der Waals surface area contributed by atoms with E-state index in [1.807, 2.05) is 39.0 Å². The molecule has 0 unspecified atom stereocenters. The number of ether oxygens (including phenoxy) is 3. The van der Waals surface area contributed by atoms with Crippen LogP contribution in [0.3, 0.4) is 0 Å². The molecule has 0 saturated carbocycles. The van der Waals surface area contributed by atoms with Gasteiger partial charge in [0, 0.05) is 51.4 Å². The van der Waals surface area contributed by atoms with Crippen LogP contribution in [-0.4, -0.2) is 99.3 Å². The van der Waals surface area contributed by atoms with Crippen molar-refractivity contribution in [1.29, 1.82) is 5.26 Å². The molecular formula is C32H45N7O4. The first-order valence-electron chi connectivity index (χ1n) is 15.3. The maximum absolute atomic E-state index is 12.8. The van der Waals surface area contributed by atoms with E-state index in [4.69, 9.17) is 19.2 Å². The first kappa shape index (κ1) is 30.7. The van der Waals surface area contributed by atoms with Crippen molar-refractivity contribution in [2.75, 3.05) is 81.9 Å². The second kappa shape index (κ2) is 13.3. The van der Waals surface area contributed by atoms with E-state index in [-0.39, 0.29) is 18.9 Å². The second-order valence-corrected chi connectivity index (χ2v) is 12.6. The first-order chi connectivity index (χ1) is 20.7. The monoisotopic (exact) mass is 591 g/mol. The van der Waals surface area contributed by atoms with Crippen LogP contribution in [0.1, 0.15) is 50.4 Å². The number of nitrogens with zero attached hydrogens (tertiary/aromatic N) is 6. The lowest BCUT2D eigenvalue weighted by Crippen LogP contribution is -2.50. The average Bonchev–Trinajstić information content (AvgIpc) is 2.99. The van der Waals surface area contributed by atoms with E-state index in [1.54, 1.807) is 12.0 Å². The van der Waals surface area contributed by atoms with Crippen molar-refractivity contribution in [2.45, 2.75) is 58.2 Å². The number of pyridine rings is 1. The van der Waals surface area contributed by atoms with Gasteiger partial charge in [-0.2, -0.15) is 5.26 Å². The van der Waals surface area contributed by atoms with Gasteiger partial charge in [-0.25, -0.2) is 9.78 Å². The highest BCUT2D eigenvalue weighted by Gasteiger charge is 2.33. The minimum absolute atomic E-state index is 0.176. The van der Waals surface area contributed by atoms with Gasteiger partial charge >= 0.3 is 6.09 Å². The van der Waals surface area contributed by atoms with Crippen LogP contribution in [0.4, 0.5) is 22.0 Å². The van der Waals surface area contributed by atoms with E-state index in [9.17, 15) is 10.1 Å². The highest BCUT2D eigenvalue weighted by molar-refractivity contribution is 5.76. The maximum atomic E-state index is 12.8. The fourth-order valence-electron chi connectivity index (χ4n) is 6.07. The number of carbonyl (C=O) groups excluding carboxylic acids is 1. The van der Waals surface area contributed by atoms with Crippen LogP contribution in [0, 0.1) is 11.3 Å². The molecule has 0 atom stereocenters. The number of methoxy groups -OCH3 is 1. The van der Waals surface area contributed by atoms with E-state index in [0.29, 0.717) is 44.1 Å².